The Bertz CT molecular complexity index is 1380. The van der Waals surface area contributed by atoms with Gasteiger partial charge in [0.05, 0.1) is 18.3 Å². The Hall–Kier alpha value is -4.09. The number of carbonyl (C=O) groups excluding carboxylic acids is 2. The van der Waals surface area contributed by atoms with Crippen LogP contribution in [-0.2, 0) is 11.2 Å². The molecule has 1 atom stereocenters. The molecule has 3 aromatic heterocycles. The Morgan fingerprint density at radius 1 is 1.13 bits per heavy atom. The molecule has 0 saturated carbocycles. The summed E-state index contributed by atoms with van der Waals surface area (Å²) in [7, 11) is 1.50. The van der Waals surface area contributed by atoms with Crippen molar-refractivity contribution in [2.45, 2.75) is 52.7 Å². The lowest BCUT2D eigenvalue weighted by atomic mass is 10.1. The minimum Gasteiger partial charge on any atom is -0.478 e. The number of aryl methyl sites for hydroxylation is 1. The summed E-state index contributed by atoms with van der Waals surface area (Å²) in [6.07, 6.45) is 2.12. The zero-order valence-corrected chi connectivity index (χ0v) is 22.7. The lowest BCUT2D eigenvalue weighted by Gasteiger charge is -2.41. The van der Waals surface area contributed by atoms with E-state index in [0.717, 1.165) is 22.5 Å². The number of nitrogens with zero attached hydrogens (tertiary/aromatic N) is 7. The minimum atomic E-state index is -0.534. The molecule has 0 spiro atoms. The molecule has 1 N–H and O–H groups in total. The van der Waals surface area contributed by atoms with Crippen LogP contribution in [0.1, 0.15) is 39.0 Å². The predicted octanol–water partition coefficient (Wildman–Crippen LogP) is 3.48. The van der Waals surface area contributed by atoms with E-state index in [2.05, 4.69) is 25.4 Å². The van der Waals surface area contributed by atoms with Crippen LogP contribution in [0.5, 0.6) is 5.88 Å². The third kappa shape index (κ3) is 4.90. The molecular weight excluding hydrogens is 488 g/mol. The van der Waals surface area contributed by atoms with Gasteiger partial charge in [-0.05, 0) is 59.2 Å². The molecule has 2 aliphatic rings. The molecule has 202 valence electrons. The molecular formula is C26H34N8O4. The maximum atomic E-state index is 13.4. The van der Waals surface area contributed by atoms with Crippen molar-refractivity contribution < 1.29 is 19.1 Å². The molecule has 5 rings (SSSR count). The smallest absolute Gasteiger partial charge is 0.410 e. The molecule has 3 amide bonds. The molecule has 0 aromatic carbocycles. The minimum absolute atomic E-state index is 0.0229. The molecule has 1 fully saturated rings. The van der Waals surface area contributed by atoms with Crippen LogP contribution in [0.2, 0.25) is 0 Å². The van der Waals surface area contributed by atoms with Crippen molar-refractivity contribution in [2.75, 3.05) is 48.4 Å². The number of piperazine rings is 1. The fraction of sp³-hybridized carbons (Fsp3) is 0.500. The summed E-state index contributed by atoms with van der Waals surface area (Å²) < 4.78 is 12.5. The van der Waals surface area contributed by atoms with Crippen LogP contribution in [0.3, 0.4) is 0 Å². The van der Waals surface area contributed by atoms with Gasteiger partial charge in [-0.1, -0.05) is 0 Å². The zero-order valence-electron chi connectivity index (χ0n) is 22.7. The molecule has 0 bridgehead atoms. The van der Waals surface area contributed by atoms with E-state index in [1.54, 1.807) is 22.1 Å². The van der Waals surface area contributed by atoms with Crippen LogP contribution in [-0.4, -0.2) is 81.8 Å². The lowest BCUT2D eigenvalue weighted by molar-refractivity contribution is 0.0159. The number of fused-ring (bicyclic) bond motifs is 2. The van der Waals surface area contributed by atoms with Gasteiger partial charge in [-0.15, -0.1) is 9.73 Å². The molecule has 12 heteroatoms. The van der Waals surface area contributed by atoms with Crippen LogP contribution in [0, 0.1) is 6.92 Å². The van der Waals surface area contributed by atoms with E-state index in [9.17, 15) is 9.59 Å². The van der Waals surface area contributed by atoms with Crippen molar-refractivity contribution in [2.24, 2.45) is 0 Å². The molecule has 3 aromatic rings. The molecule has 5 heterocycles. The average Bonchev–Trinajstić information content (AvgIpc) is 3.44. The molecule has 0 unspecified atom stereocenters. The van der Waals surface area contributed by atoms with E-state index < -0.39 is 5.60 Å². The first-order valence-electron chi connectivity index (χ1n) is 12.8. The van der Waals surface area contributed by atoms with E-state index >= 15 is 0 Å². The topological polar surface area (TPSA) is 117 Å². The highest BCUT2D eigenvalue weighted by Gasteiger charge is 2.34. The summed E-state index contributed by atoms with van der Waals surface area (Å²) >= 11 is 0. The zero-order chi connectivity index (χ0) is 27.2. The van der Waals surface area contributed by atoms with Gasteiger partial charge in [0.2, 0.25) is 0 Å². The third-order valence-corrected chi connectivity index (χ3v) is 6.67. The Balaban J connectivity index is 1.32. The second-order valence-electron chi connectivity index (χ2n) is 10.7. The van der Waals surface area contributed by atoms with Gasteiger partial charge in [0.15, 0.2) is 0 Å². The summed E-state index contributed by atoms with van der Waals surface area (Å²) in [4.78, 5) is 36.2. The predicted molar refractivity (Wildman–Crippen MR) is 143 cm³/mol. The van der Waals surface area contributed by atoms with Gasteiger partial charge in [-0.2, -0.15) is 5.10 Å². The second kappa shape index (κ2) is 9.66. The average molecular weight is 523 g/mol. The normalized spacial score (nSPS) is 17.5. The van der Waals surface area contributed by atoms with E-state index in [1.807, 2.05) is 46.8 Å². The van der Waals surface area contributed by atoms with Gasteiger partial charge in [0.1, 0.15) is 17.1 Å². The molecule has 1 saturated heterocycles. The van der Waals surface area contributed by atoms with Crippen LogP contribution in [0.15, 0.2) is 24.4 Å². The van der Waals surface area contributed by atoms with Crippen molar-refractivity contribution in [3.05, 3.63) is 35.7 Å². The summed E-state index contributed by atoms with van der Waals surface area (Å²) in [5.41, 5.74) is 3.55. The monoisotopic (exact) mass is 522 g/mol. The summed E-state index contributed by atoms with van der Waals surface area (Å²) in [5.74, 6) is 0.905. The first kappa shape index (κ1) is 25.6. The van der Waals surface area contributed by atoms with Gasteiger partial charge in [0, 0.05) is 49.7 Å². The maximum absolute atomic E-state index is 13.4. The third-order valence-electron chi connectivity index (χ3n) is 6.67. The highest BCUT2D eigenvalue weighted by Crippen LogP contribution is 2.35. The van der Waals surface area contributed by atoms with E-state index in [-0.39, 0.29) is 24.0 Å². The number of rotatable bonds is 3. The highest BCUT2D eigenvalue weighted by atomic mass is 16.6. The van der Waals surface area contributed by atoms with Crippen LogP contribution >= 0.6 is 0 Å². The van der Waals surface area contributed by atoms with E-state index in [1.165, 1.54) is 11.7 Å². The Labute approximate surface area is 221 Å². The fourth-order valence-electron chi connectivity index (χ4n) is 5.00. The molecule has 2 aliphatic heterocycles. The van der Waals surface area contributed by atoms with E-state index in [4.69, 9.17) is 9.47 Å². The summed E-state index contributed by atoms with van der Waals surface area (Å²) in [5, 5.41) is 11.6. The van der Waals surface area contributed by atoms with Gasteiger partial charge in [-0.25, -0.2) is 14.6 Å². The van der Waals surface area contributed by atoms with Gasteiger partial charge in [-0.3, -0.25) is 4.90 Å². The van der Waals surface area contributed by atoms with Gasteiger partial charge >= 0.3 is 12.1 Å². The first-order valence-corrected chi connectivity index (χ1v) is 12.8. The number of carbonyl (C=O) groups is 2. The van der Waals surface area contributed by atoms with Crippen LogP contribution in [0.25, 0.3) is 5.52 Å². The number of hydrogen-bond donors (Lipinski definition) is 1. The molecule has 0 aliphatic carbocycles. The van der Waals surface area contributed by atoms with Crippen molar-refractivity contribution in [3.8, 4) is 5.88 Å². The number of aromatic nitrogens is 4. The van der Waals surface area contributed by atoms with Gasteiger partial charge < -0.3 is 24.6 Å². The first-order chi connectivity index (χ1) is 18.0. The van der Waals surface area contributed by atoms with E-state index in [0.29, 0.717) is 44.1 Å². The number of amides is 3. The largest absolute Gasteiger partial charge is 0.478 e. The van der Waals surface area contributed by atoms with Crippen molar-refractivity contribution in [1.29, 1.82) is 0 Å². The fourth-order valence-corrected chi connectivity index (χ4v) is 5.00. The Morgan fingerprint density at radius 2 is 1.92 bits per heavy atom. The standard InChI is InChI=1S/C26H34N8O4/c1-16-13-18-14-20(23(37-6)30-34(18)29-16)28-24(35)33-10-8-19-21(7-9-27-22(19)33)31-11-12-32(17(2)15-31)25(36)38-26(3,4)5/h7,9,13-14,17H,8,10-12,15H2,1-6H3,(H,28,35)/t17-/m1/s1. The molecule has 12 nitrogen and oxygen atoms in total. The summed E-state index contributed by atoms with van der Waals surface area (Å²) in [6, 6.07) is 5.32. The summed E-state index contributed by atoms with van der Waals surface area (Å²) in [6.45, 7) is 11.9. The SMILES string of the molecule is COc1nn2nc(C)cc2cc1NC(=O)N1CCc2c(N3CCN(C(=O)OC(C)(C)C)[C@H](C)C3)ccnc21. The van der Waals surface area contributed by atoms with Gasteiger partial charge in [0.25, 0.3) is 5.88 Å². The second-order valence-corrected chi connectivity index (χ2v) is 10.7. The number of ether oxygens (including phenoxy) is 2. The number of urea groups is 1. The Morgan fingerprint density at radius 3 is 2.63 bits per heavy atom. The van der Waals surface area contributed by atoms with Crippen molar-refractivity contribution in [3.63, 3.8) is 0 Å². The molecule has 0 radical (unpaired) electrons. The highest BCUT2D eigenvalue weighted by molar-refractivity contribution is 6.03. The Kier molecular flexibility index (Phi) is 6.49. The number of pyridine rings is 1. The lowest BCUT2D eigenvalue weighted by Crippen LogP contribution is -2.55. The number of anilines is 3. The quantitative estimate of drug-likeness (QED) is 0.556. The van der Waals surface area contributed by atoms with Crippen LogP contribution in [0.4, 0.5) is 26.8 Å². The number of hydrogen-bond acceptors (Lipinski definition) is 8. The number of nitrogens with one attached hydrogen (secondary N) is 1. The van der Waals surface area contributed by atoms with Crippen molar-refractivity contribution >= 4 is 34.8 Å². The van der Waals surface area contributed by atoms with Crippen LogP contribution < -0.4 is 19.9 Å². The maximum Gasteiger partial charge on any atom is 0.410 e. The number of methoxy groups -OCH3 is 1. The van der Waals surface area contributed by atoms with Crippen molar-refractivity contribution in [1.82, 2.24) is 24.7 Å². The molecule has 38 heavy (non-hydrogen) atoms.